The van der Waals surface area contributed by atoms with Crippen LogP contribution in [0.25, 0.3) is 11.4 Å². The Balaban J connectivity index is 1.68. The van der Waals surface area contributed by atoms with Gasteiger partial charge in [0.2, 0.25) is 11.7 Å². The van der Waals surface area contributed by atoms with Crippen molar-refractivity contribution in [3.05, 3.63) is 64.5 Å². The van der Waals surface area contributed by atoms with Gasteiger partial charge in [-0.05, 0) is 30.5 Å². The summed E-state index contributed by atoms with van der Waals surface area (Å²) in [6, 6.07) is 15.1. The molecule has 1 amide bonds. The molecule has 5 nitrogen and oxygen atoms in total. The van der Waals surface area contributed by atoms with E-state index in [9.17, 15) is 4.79 Å². The van der Waals surface area contributed by atoms with E-state index in [1.807, 2.05) is 48.7 Å². The van der Waals surface area contributed by atoms with E-state index in [0.717, 1.165) is 14.9 Å². The molecule has 0 saturated heterocycles. The molecule has 0 bridgehead atoms. The number of amides is 1. The van der Waals surface area contributed by atoms with Crippen molar-refractivity contribution in [2.75, 3.05) is 6.26 Å². The van der Waals surface area contributed by atoms with Gasteiger partial charge in [0.15, 0.2) is 0 Å². The number of aromatic nitrogens is 2. The van der Waals surface area contributed by atoms with Crippen LogP contribution in [0.15, 0.2) is 62.4 Å². The number of nitrogens with one attached hydrogen (secondary N) is 1. The fourth-order valence-electron chi connectivity index (χ4n) is 2.15. The van der Waals surface area contributed by atoms with Gasteiger partial charge >= 0.3 is 0 Å². The summed E-state index contributed by atoms with van der Waals surface area (Å²) >= 11 is 4.94. The van der Waals surface area contributed by atoms with Crippen molar-refractivity contribution >= 4 is 33.6 Å². The van der Waals surface area contributed by atoms with Crippen LogP contribution >= 0.6 is 27.7 Å². The molecule has 0 atom stereocenters. The van der Waals surface area contributed by atoms with E-state index in [2.05, 4.69) is 31.4 Å². The molecule has 0 unspecified atom stereocenters. The fourth-order valence-corrected chi connectivity index (χ4v) is 3.15. The lowest BCUT2D eigenvalue weighted by Gasteiger charge is -2.06. The summed E-state index contributed by atoms with van der Waals surface area (Å²) in [4.78, 5) is 17.5. The maximum absolute atomic E-state index is 12.3. The first-order valence-corrected chi connectivity index (χ1v) is 9.19. The van der Waals surface area contributed by atoms with Gasteiger partial charge in [-0.3, -0.25) is 4.79 Å². The summed E-state index contributed by atoms with van der Waals surface area (Å²) in [5.41, 5.74) is 1.48. The van der Waals surface area contributed by atoms with Gasteiger partial charge in [-0.25, -0.2) is 0 Å². The van der Waals surface area contributed by atoms with E-state index in [1.54, 1.807) is 6.07 Å². The molecule has 24 heavy (non-hydrogen) atoms. The lowest BCUT2D eigenvalue weighted by atomic mass is 10.2. The predicted octanol–water partition coefficient (Wildman–Crippen LogP) is 4.15. The van der Waals surface area contributed by atoms with Crippen LogP contribution in [0.4, 0.5) is 0 Å². The number of hydrogen-bond acceptors (Lipinski definition) is 5. The van der Waals surface area contributed by atoms with Crippen molar-refractivity contribution in [3.63, 3.8) is 0 Å². The monoisotopic (exact) mass is 403 g/mol. The van der Waals surface area contributed by atoms with Crippen LogP contribution in [-0.2, 0) is 6.54 Å². The average molecular weight is 404 g/mol. The summed E-state index contributed by atoms with van der Waals surface area (Å²) in [5, 5.41) is 6.76. The van der Waals surface area contributed by atoms with Gasteiger partial charge in [-0.2, -0.15) is 4.98 Å². The van der Waals surface area contributed by atoms with Crippen molar-refractivity contribution in [3.8, 4) is 11.4 Å². The minimum atomic E-state index is -0.165. The number of halogens is 1. The van der Waals surface area contributed by atoms with Gasteiger partial charge in [-0.15, -0.1) is 11.8 Å². The lowest BCUT2D eigenvalue weighted by molar-refractivity contribution is 0.0943. The summed E-state index contributed by atoms with van der Waals surface area (Å²) in [6.07, 6.45) is 1.94. The largest absolute Gasteiger partial charge is 0.343 e. The van der Waals surface area contributed by atoms with Crippen LogP contribution in [0.1, 0.15) is 16.2 Å². The summed E-state index contributed by atoms with van der Waals surface area (Å²) < 4.78 is 6.14. The minimum Gasteiger partial charge on any atom is -0.343 e. The predicted molar refractivity (Wildman–Crippen MR) is 96.8 cm³/mol. The Bertz CT molecular complexity index is 866. The zero-order valence-electron chi connectivity index (χ0n) is 12.8. The van der Waals surface area contributed by atoms with Crippen LogP contribution in [0.3, 0.4) is 0 Å². The molecule has 1 N–H and O–H groups in total. The summed E-state index contributed by atoms with van der Waals surface area (Å²) in [6.45, 7) is 0.183. The van der Waals surface area contributed by atoms with E-state index in [-0.39, 0.29) is 12.5 Å². The quantitative estimate of drug-likeness (QED) is 0.647. The first-order valence-electron chi connectivity index (χ1n) is 7.17. The molecule has 0 saturated carbocycles. The van der Waals surface area contributed by atoms with Crippen LogP contribution < -0.4 is 5.32 Å². The Morgan fingerprint density at radius 2 is 2.08 bits per heavy atom. The van der Waals surface area contributed by atoms with Crippen molar-refractivity contribution in [1.82, 2.24) is 15.5 Å². The standard InChI is InChI=1S/C17H14BrN3O2S/c1-24-14-8-3-2-7-13(14)17(22)19-10-15-20-16(21-23-15)11-5-4-6-12(18)9-11/h2-9H,10H2,1H3,(H,19,22). The first kappa shape index (κ1) is 16.7. The Kier molecular flexibility index (Phi) is 5.32. The Hall–Kier alpha value is -2.12. The topological polar surface area (TPSA) is 68.0 Å². The second-order valence-corrected chi connectivity index (χ2v) is 6.67. The second kappa shape index (κ2) is 7.63. The SMILES string of the molecule is CSc1ccccc1C(=O)NCc1nc(-c2cccc(Br)c2)no1. The van der Waals surface area contributed by atoms with E-state index in [1.165, 1.54) is 11.8 Å². The van der Waals surface area contributed by atoms with Crippen LogP contribution in [-0.4, -0.2) is 22.3 Å². The average Bonchev–Trinajstić information content (AvgIpc) is 3.08. The number of rotatable bonds is 5. The molecule has 0 aliphatic rings. The Morgan fingerprint density at radius 1 is 1.25 bits per heavy atom. The summed E-state index contributed by atoms with van der Waals surface area (Å²) in [7, 11) is 0. The molecule has 0 fully saturated rings. The third-order valence-electron chi connectivity index (χ3n) is 3.30. The highest BCUT2D eigenvalue weighted by atomic mass is 79.9. The van der Waals surface area contributed by atoms with Gasteiger partial charge in [0.05, 0.1) is 12.1 Å². The molecule has 1 aromatic heterocycles. The van der Waals surface area contributed by atoms with Gasteiger partial charge in [-0.1, -0.05) is 45.4 Å². The highest BCUT2D eigenvalue weighted by Gasteiger charge is 2.13. The van der Waals surface area contributed by atoms with E-state index in [4.69, 9.17) is 4.52 Å². The number of carbonyl (C=O) groups excluding carboxylic acids is 1. The number of nitrogens with zero attached hydrogens (tertiary/aromatic N) is 2. The molecule has 7 heteroatoms. The summed E-state index contributed by atoms with van der Waals surface area (Å²) in [5.74, 6) is 0.687. The molecular weight excluding hydrogens is 390 g/mol. The maximum Gasteiger partial charge on any atom is 0.252 e. The molecule has 3 aromatic rings. The van der Waals surface area contributed by atoms with E-state index >= 15 is 0 Å². The zero-order valence-corrected chi connectivity index (χ0v) is 15.2. The lowest BCUT2D eigenvalue weighted by Crippen LogP contribution is -2.23. The Labute approximate surface area is 152 Å². The van der Waals surface area contributed by atoms with Gasteiger partial charge < -0.3 is 9.84 Å². The maximum atomic E-state index is 12.3. The van der Waals surface area contributed by atoms with Gasteiger partial charge in [0.1, 0.15) is 0 Å². The third-order valence-corrected chi connectivity index (χ3v) is 4.59. The molecule has 0 aliphatic carbocycles. The number of carbonyl (C=O) groups is 1. The number of hydrogen-bond donors (Lipinski definition) is 1. The van der Waals surface area contributed by atoms with Crippen molar-refractivity contribution < 1.29 is 9.32 Å². The number of benzene rings is 2. The van der Waals surface area contributed by atoms with Crippen molar-refractivity contribution in [1.29, 1.82) is 0 Å². The molecule has 2 aromatic carbocycles. The zero-order chi connectivity index (χ0) is 16.9. The minimum absolute atomic E-state index is 0.165. The highest BCUT2D eigenvalue weighted by Crippen LogP contribution is 2.21. The molecule has 0 radical (unpaired) electrons. The van der Waals surface area contributed by atoms with Crippen LogP contribution in [0.5, 0.6) is 0 Å². The smallest absolute Gasteiger partial charge is 0.252 e. The van der Waals surface area contributed by atoms with Crippen molar-refractivity contribution in [2.24, 2.45) is 0 Å². The number of thioether (sulfide) groups is 1. The highest BCUT2D eigenvalue weighted by molar-refractivity contribution is 9.10. The molecule has 0 spiro atoms. The molecule has 0 aliphatic heterocycles. The molecule has 3 rings (SSSR count). The van der Waals surface area contributed by atoms with Crippen molar-refractivity contribution in [2.45, 2.75) is 11.4 Å². The van der Waals surface area contributed by atoms with Gasteiger partial charge in [0, 0.05) is 14.9 Å². The van der Waals surface area contributed by atoms with E-state index < -0.39 is 0 Å². The molecule has 1 heterocycles. The third kappa shape index (κ3) is 3.85. The Morgan fingerprint density at radius 3 is 2.88 bits per heavy atom. The fraction of sp³-hybridized carbons (Fsp3) is 0.118. The van der Waals surface area contributed by atoms with Crippen LogP contribution in [0.2, 0.25) is 0 Å². The van der Waals surface area contributed by atoms with Crippen LogP contribution in [0, 0.1) is 0 Å². The van der Waals surface area contributed by atoms with Gasteiger partial charge in [0.25, 0.3) is 5.91 Å². The first-order chi connectivity index (χ1) is 11.7. The van der Waals surface area contributed by atoms with E-state index in [0.29, 0.717) is 17.3 Å². The molecule has 122 valence electrons. The normalized spacial score (nSPS) is 10.6. The second-order valence-electron chi connectivity index (χ2n) is 4.91. The molecular formula is C17H14BrN3O2S.